The van der Waals surface area contributed by atoms with Gasteiger partial charge in [-0.25, -0.2) is 4.98 Å². The van der Waals surface area contributed by atoms with Crippen LogP contribution in [0.2, 0.25) is 0 Å². The molecule has 36 heavy (non-hydrogen) atoms. The molecule has 2 fully saturated rings. The molecule has 2 aromatic carbocycles. The van der Waals surface area contributed by atoms with Crippen LogP contribution in [0.4, 0.5) is 17.2 Å². The predicted octanol–water partition coefficient (Wildman–Crippen LogP) is 5.19. The lowest BCUT2D eigenvalue weighted by Crippen LogP contribution is -2.54. The van der Waals surface area contributed by atoms with Crippen molar-refractivity contribution in [3.8, 4) is 11.1 Å². The number of nitrogens with two attached hydrogens (primary N) is 1. The minimum absolute atomic E-state index is 0.373. The number of nitrogen functional groups attached to an aromatic ring is 1. The van der Waals surface area contributed by atoms with E-state index in [-0.39, 0.29) is 0 Å². The minimum Gasteiger partial charge on any atom is -0.399 e. The summed E-state index contributed by atoms with van der Waals surface area (Å²) in [5.74, 6) is 0.943. The second-order valence-electron chi connectivity index (χ2n) is 10.3. The molecule has 4 aromatic rings. The zero-order valence-electron chi connectivity index (χ0n) is 20.7. The Labute approximate surface area is 212 Å². The Balaban J connectivity index is 1.15. The molecule has 2 aromatic heterocycles. The van der Waals surface area contributed by atoms with E-state index in [1.807, 2.05) is 24.5 Å². The molecule has 7 nitrogen and oxygen atoms in total. The molecule has 0 radical (unpaired) electrons. The first-order valence-corrected chi connectivity index (χ1v) is 13.2. The van der Waals surface area contributed by atoms with Crippen LogP contribution in [0.5, 0.6) is 0 Å². The number of fused-ring (bicyclic) bond motifs is 1. The van der Waals surface area contributed by atoms with Crippen LogP contribution < -0.4 is 21.3 Å². The molecule has 186 valence electrons. The topological polar surface area (TPSA) is 94.9 Å². The van der Waals surface area contributed by atoms with Crippen LogP contribution in [-0.4, -0.2) is 46.4 Å². The average molecular weight is 482 g/mol. The Morgan fingerprint density at radius 3 is 2.69 bits per heavy atom. The van der Waals surface area contributed by atoms with Crippen molar-refractivity contribution in [2.75, 3.05) is 29.0 Å². The highest BCUT2D eigenvalue weighted by Gasteiger charge is 2.29. The second-order valence-corrected chi connectivity index (χ2v) is 10.3. The van der Waals surface area contributed by atoms with Crippen molar-refractivity contribution in [3.63, 3.8) is 0 Å². The summed E-state index contributed by atoms with van der Waals surface area (Å²) in [4.78, 5) is 7.18. The third-order valence-corrected chi connectivity index (χ3v) is 7.78. The SMILES string of the molecule is Nc1ccc(N2CCC[C@H](N[C@@H]3CCCC[C@H]3Nc3cc(-c4cccc5[nH]ncc45)ccn3)C2)cc1. The highest BCUT2D eigenvalue weighted by molar-refractivity contribution is 5.94. The summed E-state index contributed by atoms with van der Waals surface area (Å²) in [5.41, 5.74) is 11.4. The number of hydrogen-bond donors (Lipinski definition) is 4. The molecule has 1 saturated heterocycles. The molecule has 5 N–H and O–H groups in total. The summed E-state index contributed by atoms with van der Waals surface area (Å²) in [6.45, 7) is 2.14. The van der Waals surface area contributed by atoms with Crippen molar-refractivity contribution < 1.29 is 0 Å². The number of benzene rings is 2. The van der Waals surface area contributed by atoms with Gasteiger partial charge in [0.1, 0.15) is 5.82 Å². The second kappa shape index (κ2) is 10.2. The number of nitrogens with one attached hydrogen (secondary N) is 3. The van der Waals surface area contributed by atoms with E-state index in [4.69, 9.17) is 5.73 Å². The molecule has 7 heteroatoms. The van der Waals surface area contributed by atoms with Crippen LogP contribution in [0, 0.1) is 0 Å². The lowest BCUT2D eigenvalue weighted by Gasteiger charge is -2.40. The van der Waals surface area contributed by atoms with Crippen LogP contribution in [0.1, 0.15) is 38.5 Å². The molecule has 1 saturated carbocycles. The standard InChI is InChI=1S/C29H35N7/c30-21-10-12-23(13-11-21)36-16-4-5-22(19-36)33-27-7-1-2-8-28(27)34-29-17-20(14-15-31-29)24-6-3-9-26-25(24)18-32-35-26/h3,6,9-15,17-18,22,27-28,33H,1-2,4-5,7-8,16,19,30H2,(H,31,34)(H,32,35)/t22-,27+,28+/m0/s1. The summed E-state index contributed by atoms with van der Waals surface area (Å²) in [6, 6.07) is 20.1. The molecule has 0 spiro atoms. The molecule has 6 rings (SSSR count). The number of aromatic nitrogens is 3. The number of piperidine rings is 1. The Kier molecular flexibility index (Phi) is 6.47. The third kappa shape index (κ3) is 4.88. The molecule has 0 unspecified atom stereocenters. The lowest BCUT2D eigenvalue weighted by atomic mass is 9.89. The van der Waals surface area contributed by atoms with Gasteiger partial charge in [0.15, 0.2) is 0 Å². The predicted molar refractivity (Wildman–Crippen MR) is 148 cm³/mol. The fourth-order valence-electron chi connectivity index (χ4n) is 5.93. The molecule has 3 atom stereocenters. The Bertz CT molecular complexity index is 1300. The van der Waals surface area contributed by atoms with E-state index >= 15 is 0 Å². The summed E-state index contributed by atoms with van der Waals surface area (Å²) in [6.07, 6.45) is 11.1. The first-order valence-electron chi connectivity index (χ1n) is 13.2. The van der Waals surface area contributed by atoms with Gasteiger partial charge in [-0.05, 0) is 79.3 Å². The maximum absolute atomic E-state index is 5.90. The quantitative estimate of drug-likeness (QED) is 0.283. The molecular formula is C29H35N7. The third-order valence-electron chi connectivity index (χ3n) is 7.78. The first-order chi connectivity index (χ1) is 17.7. The molecule has 3 heterocycles. The van der Waals surface area contributed by atoms with E-state index in [0.29, 0.717) is 18.1 Å². The van der Waals surface area contributed by atoms with E-state index < -0.39 is 0 Å². The lowest BCUT2D eigenvalue weighted by molar-refractivity contribution is 0.293. The van der Waals surface area contributed by atoms with E-state index in [1.54, 1.807) is 0 Å². The summed E-state index contributed by atoms with van der Waals surface area (Å²) in [7, 11) is 0. The van der Waals surface area contributed by atoms with Crippen molar-refractivity contribution in [1.29, 1.82) is 0 Å². The highest BCUT2D eigenvalue weighted by atomic mass is 15.2. The normalized spacial score (nSPS) is 22.6. The Hall–Kier alpha value is -3.58. The summed E-state index contributed by atoms with van der Waals surface area (Å²) in [5, 5.41) is 16.3. The smallest absolute Gasteiger partial charge is 0.126 e. The highest BCUT2D eigenvalue weighted by Crippen LogP contribution is 2.30. The van der Waals surface area contributed by atoms with Crippen molar-refractivity contribution in [2.24, 2.45) is 0 Å². The number of hydrogen-bond acceptors (Lipinski definition) is 6. The van der Waals surface area contributed by atoms with Crippen LogP contribution in [0.3, 0.4) is 0 Å². The summed E-state index contributed by atoms with van der Waals surface area (Å²) >= 11 is 0. The van der Waals surface area contributed by atoms with Gasteiger partial charge in [0, 0.05) is 54.2 Å². The van der Waals surface area contributed by atoms with Crippen LogP contribution in [-0.2, 0) is 0 Å². The van der Waals surface area contributed by atoms with Gasteiger partial charge in [-0.15, -0.1) is 0 Å². The molecule has 1 aliphatic carbocycles. The fraction of sp³-hybridized carbons (Fsp3) is 0.379. The van der Waals surface area contributed by atoms with Gasteiger partial charge in [-0.3, -0.25) is 5.10 Å². The van der Waals surface area contributed by atoms with Gasteiger partial charge in [0.2, 0.25) is 0 Å². The Morgan fingerprint density at radius 1 is 0.944 bits per heavy atom. The van der Waals surface area contributed by atoms with E-state index in [0.717, 1.165) is 47.5 Å². The van der Waals surface area contributed by atoms with Gasteiger partial charge < -0.3 is 21.3 Å². The van der Waals surface area contributed by atoms with Gasteiger partial charge >= 0.3 is 0 Å². The molecule has 0 bridgehead atoms. The maximum atomic E-state index is 5.90. The van der Waals surface area contributed by atoms with Crippen LogP contribution in [0.25, 0.3) is 22.0 Å². The number of anilines is 3. The van der Waals surface area contributed by atoms with Gasteiger partial charge in [-0.1, -0.05) is 25.0 Å². The zero-order chi connectivity index (χ0) is 24.3. The van der Waals surface area contributed by atoms with Crippen molar-refractivity contribution >= 4 is 28.1 Å². The van der Waals surface area contributed by atoms with E-state index in [9.17, 15) is 0 Å². The number of nitrogens with zero attached hydrogens (tertiary/aromatic N) is 3. The summed E-state index contributed by atoms with van der Waals surface area (Å²) < 4.78 is 0. The number of pyridine rings is 1. The number of H-pyrrole nitrogens is 1. The largest absolute Gasteiger partial charge is 0.399 e. The average Bonchev–Trinajstić information content (AvgIpc) is 3.40. The zero-order valence-corrected chi connectivity index (χ0v) is 20.7. The number of aromatic amines is 1. The van der Waals surface area contributed by atoms with Crippen molar-refractivity contribution in [1.82, 2.24) is 20.5 Å². The molecule has 0 amide bonds. The van der Waals surface area contributed by atoms with Gasteiger partial charge in [0.25, 0.3) is 0 Å². The van der Waals surface area contributed by atoms with Gasteiger partial charge in [0.05, 0.1) is 11.7 Å². The van der Waals surface area contributed by atoms with Crippen molar-refractivity contribution in [2.45, 2.75) is 56.7 Å². The van der Waals surface area contributed by atoms with E-state index in [1.165, 1.54) is 43.4 Å². The van der Waals surface area contributed by atoms with Crippen LogP contribution >= 0.6 is 0 Å². The van der Waals surface area contributed by atoms with E-state index in [2.05, 4.69) is 73.2 Å². The Morgan fingerprint density at radius 2 is 1.81 bits per heavy atom. The first kappa shape index (κ1) is 22.9. The molecular weight excluding hydrogens is 446 g/mol. The fourth-order valence-corrected chi connectivity index (χ4v) is 5.93. The molecule has 2 aliphatic rings. The monoisotopic (exact) mass is 481 g/mol. The molecule has 1 aliphatic heterocycles. The maximum Gasteiger partial charge on any atom is 0.126 e. The van der Waals surface area contributed by atoms with Gasteiger partial charge in [-0.2, -0.15) is 5.10 Å². The number of rotatable bonds is 6. The minimum atomic E-state index is 0.373. The van der Waals surface area contributed by atoms with Crippen LogP contribution in [0.15, 0.2) is 67.0 Å². The van der Waals surface area contributed by atoms with Crippen molar-refractivity contribution in [3.05, 3.63) is 67.0 Å².